The largest absolute Gasteiger partial charge is 0.477 e. The van der Waals surface area contributed by atoms with Gasteiger partial charge in [0.05, 0.1) is 0 Å². The molecule has 1 aromatic heterocycles. The minimum Gasteiger partial charge on any atom is -0.477 e. The van der Waals surface area contributed by atoms with Gasteiger partial charge in [-0.25, -0.2) is 4.79 Å². The Bertz CT molecular complexity index is 575. The maximum absolute atomic E-state index is 10.8. The van der Waals surface area contributed by atoms with E-state index >= 15 is 0 Å². The molecule has 100 valence electrons. The topological polar surface area (TPSA) is 49.3 Å². The first-order chi connectivity index (χ1) is 9.06. The number of carboxylic acids is 1. The summed E-state index contributed by atoms with van der Waals surface area (Å²) in [6, 6.07) is 11.8. The summed E-state index contributed by atoms with van der Waals surface area (Å²) in [6.07, 6.45) is 0. The van der Waals surface area contributed by atoms with Gasteiger partial charge in [0.1, 0.15) is 4.88 Å². The maximum atomic E-state index is 10.8. The molecule has 0 atom stereocenters. The molecule has 0 fully saturated rings. The smallest absolute Gasteiger partial charge is 0.345 e. The molecule has 2 rings (SSSR count). The van der Waals surface area contributed by atoms with Gasteiger partial charge in [-0.1, -0.05) is 26.0 Å². The number of carbonyl (C=O) groups is 1. The molecule has 0 amide bonds. The first-order valence-electron chi connectivity index (χ1n) is 6.22. The average Bonchev–Trinajstić information content (AvgIpc) is 2.85. The van der Waals surface area contributed by atoms with E-state index in [1.807, 2.05) is 18.2 Å². The number of thiophene rings is 1. The van der Waals surface area contributed by atoms with E-state index in [9.17, 15) is 4.79 Å². The van der Waals surface area contributed by atoms with Crippen LogP contribution in [-0.4, -0.2) is 11.1 Å². The molecule has 1 aromatic carbocycles. The summed E-state index contributed by atoms with van der Waals surface area (Å²) in [5, 5.41) is 12.2. The number of nitrogens with one attached hydrogen (secondary N) is 1. The molecule has 19 heavy (non-hydrogen) atoms. The van der Waals surface area contributed by atoms with Crippen LogP contribution in [0.2, 0.25) is 0 Å². The molecular formula is C15H17NO2S. The van der Waals surface area contributed by atoms with Gasteiger partial charge in [-0.2, -0.15) is 0 Å². The van der Waals surface area contributed by atoms with Crippen molar-refractivity contribution in [2.75, 3.05) is 5.32 Å². The number of anilines is 1. The molecule has 3 nitrogen and oxygen atoms in total. The second-order valence-electron chi connectivity index (χ2n) is 4.70. The van der Waals surface area contributed by atoms with Crippen LogP contribution in [0.25, 0.3) is 0 Å². The van der Waals surface area contributed by atoms with Crippen molar-refractivity contribution >= 4 is 23.0 Å². The van der Waals surface area contributed by atoms with E-state index in [0.717, 1.165) is 10.6 Å². The van der Waals surface area contributed by atoms with Crippen molar-refractivity contribution < 1.29 is 9.90 Å². The maximum Gasteiger partial charge on any atom is 0.345 e. The molecule has 0 saturated heterocycles. The molecule has 2 aromatic rings. The van der Waals surface area contributed by atoms with E-state index in [4.69, 9.17) is 5.11 Å². The van der Waals surface area contributed by atoms with Gasteiger partial charge in [-0.3, -0.25) is 0 Å². The third kappa shape index (κ3) is 3.58. The van der Waals surface area contributed by atoms with Crippen molar-refractivity contribution in [2.24, 2.45) is 0 Å². The first-order valence-corrected chi connectivity index (χ1v) is 7.04. The Morgan fingerprint density at radius 1 is 1.32 bits per heavy atom. The second kappa shape index (κ2) is 5.89. The van der Waals surface area contributed by atoms with Crippen molar-refractivity contribution in [3.8, 4) is 0 Å². The predicted octanol–water partition coefficient (Wildman–Crippen LogP) is 4.18. The average molecular weight is 275 g/mol. The molecule has 1 heterocycles. The van der Waals surface area contributed by atoms with Crippen molar-refractivity contribution in [1.29, 1.82) is 0 Å². The van der Waals surface area contributed by atoms with E-state index in [-0.39, 0.29) is 0 Å². The van der Waals surface area contributed by atoms with Crippen LogP contribution in [0.3, 0.4) is 0 Å². The van der Waals surface area contributed by atoms with E-state index in [0.29, 0.717) is 17.3 Å². The van der Waals surface area contributed by atoms with Gasteiger partial charge in [0.15, 0.2) is 0 Å². The number of rotatable bonds is 5. The van der Waals surface area contributed by atoms with E-state index in [1.165, 1.54) is 16.9 Å². The van der Waals surface area contributed by atoms with Crippen LogP contribution in [0.1, 0.15) is 39.9 Å². The minimum atomic E-state index is -0.863. The zero-order valence-electron chi connectivity index (χ0n) is 11.0. The fourth-order valence-electron chi connectivity index (χ4n) is 1.78. The van der Waals surface area contributed by atoms with Gasteiger partial charge in [0.25, 0.3) is 0 Å². The van der Waals surface area contributed by atoms with Crippen molar-refractivity contribution in [2.45, 2.75) is 26.3 Å². The molecule has 0 aliphatic heterocycles. The van der Waals surface area contributed by atoms with Crippen LogP contribution >= 0.6 is 11.3 Å². The van der Waals surface area contributed by atoms with Crippen LogP contribution in [-0.2, 0) is 6.54 Å². The third-order valence-electron chi connectivity index (χ3n) is 2.89. The Hall–Kier alpha value is -1.81. The number of aromatic carboxylic acids is 1. The standard InChI is InChI=1S/C15H17NO2S/c1-10(2)11-4-3-5-12(8-11)16-9-13-6-7-14(19-13)15(17)18/h3-8,10,16H,9H2,1-2H3,(H,17,18). The minimum absolute atomic E-state index is 0.382. The predicted molar refractivity (Wildman–Crippen MR) is 79.1 cm³/mol. The van der Waals surface area contributed by atoms with Gasteiger partial charge < -0.3 is 10.4 Å². The van der Waals surface area contributed by atoms with Crippen LogP contribution < -0.4 is 5.32 Å². The fraction of sp³-hybridized carbons (Fsp3) is 0.267. The third-order valence-corrected chi connectivity index (χ3v) is 3.97. The highest BCUT2D eigenvalue weighted by Gasteiger charge is 2.06. The highest BCUT2D eigenvalue weighted by Crippen LogP contribution is 2.21. The summed E-state index contributed by atoms with van der Waals surface area (Å²) in [6.45, 7) is 4.98. The molecule has 0 saturated carbocycles. The fourth-order valence-corrected chi connectivity index (χ4v) is 2.57. The van der Waals surface area contributed by atoms with Gasteiger partial charge in [0, 0.05) is 17.1 Å². The van der Waals surface area contributed by atoms with Gasteiger partial charge in [-0.15, -0.1) is 11.3 Å². The highest BCUT2D eigenvalue weighted by atomic mass is 32.1. The van der Waals surface area contributed by atoms with E-state index in [2.05, 4.69) is 31.3 Å². The van der Waals surface area contributed by atoms with E-state index in [1.54, 1.807) is 6.07 Å². The Kier molecular flexibility index (Phi) is 4.22. The summed E-state index contributed by atoms with van der Waals surface area (Å²) in [7, 11) is 0. The lowest BCUT2D eigenvalue weighted by Crippen LogP contribution is -1.98. The van der Waals surface area contributed by atoms with E-state index < -0.39 is 5.97 Å². The van der Waals surface area contributed by atoms with Crippen molar-refractivity contribution in [1.82, 2.24) is 0 Å². The van der Waals surface area contributed by atoms with Crippen molar-refractivity contribution in [3.05, 3.63) is 51.7 Å². The Balaban J connectivity index is 2.01. The van der Waals surface area contributed by atoms with Crippen LogP contribution in [0, 0.1) is 0 Å². The molecule has 0 unspecified atom stereocenters. The zero-order chi connectivity index (χ0) is 13.8. The highest BCUT2D eigenvalue weighted by molar-refractivity contribution is 7.13. The summed E-state index contributed by atoms with van der Waals surface area (Å²) < 4.78 is 0. The van der Waals surface area contributed by atoms with Crippen LogP contribution in [0.5, 0.6) is 0 Å². The lowest BCUT2D eigenvalue weighted by Gasteiger charge is -2.09. The Morgan fingerprint density at radius 3 is 2.74 bits per heavy atom. The van der Waals surface area contributed by atoms with Gasteiger partial charge in [-0.05, 0) is 35.7 Å². The van der Waals surface area contributed by atoms with Crippen molar-refractivity contribution in [3.63, 3.8) is 0 Å². The summed E-state index contributed by atoms with van der Waals surface area (Å²) >= 11 is 1.31. The number of carboxylic acid groups (broad SMARTS) is 1. The monoisotopic (exact) mass is 275 g/mol. The Labute approximate surface area is 116 Å². The van der Waals surface area contributed by atoms with Crippen LogP contribution in [0.4, 0.5) is 5.69 Å². The van der Waals surface area contributed by atoms with Gasteiger partial charge >= 0.3 is 5.97 Å². The molecule has 2 N–H and O–H groups in total. The first kappa shape index (κ1) is 13.6. The molecule has 0 bridgehead atoms. The number of hydrogen-bond donors (Lipinski definition) is 2. The normalized spacial score (nSPS) is 10.7. The Morgan fingerprint density at radius 2 is 2.11 bits per heavy atom. The summed E-state index contributed by atoms with van der Waals surface area (Å²) in [4.78, 5) is 12.2. The SMILES string of the molecule is CC(C)c1cccc(NCc2ccc(C(=O)O)s2)c1. The molecule has 0 spiro atoms. The van der Waals surface area contributed by atoms with Gasteiger partial charge in [0.2, 0.25) is 0 Å². The molecule has 0 radical (unpaired) electrons. The molecular weight excluding hydrogens is 258 g/mol. The van der Waals surface area contributed by atoms with Crippen LogP contribution in [0.15, 0.2) is 36.4 Å². The molecule has 0 aliphatic carbocycles. The molecule has 4 heteroatoms. The second-order valence-corrected chi connectivity index (χ2v) is 5.87. The molecule has 0 aliphatic rings. The zero-order valence-corrected chi connectivity index (χ0v) is 11.8. The number of hydrogen-bond acceptors (Lipinski definition) is 3. The summed E-state index contributed by atoms with van der Waals surface area (Å²) in [5.74, 6) is -0.361. The lowest BCUT2D eigenvalue weighted by atomic mass is 10.0. The lowest BCUT2D eigenvalue weighted by molar-refractivity contribution is 0.0702. The summed E-state index contributed by atoms with van der Waals surface area (Å²) in [5.41, 5.74) is 2.36. The number of benzene rings is 1. The quantitative estimate of drug-likeness (QED) is 0.860.